The lowest BCUT2D eigenvalue weighted by Gasteiger charge is -1.97. The smallest absolute Gasteiger partial charge is 0.372 e. The summed E-state index contributed by atoms with van der Waals surface area (Å²) < 4.78 is 1.37. The summed E-state index contributed by atoms with van der Waals surface area (Å²) in [4.78, 5) is 18.4. The Morgan fingerprint density at radius 2 is 2.43 bits per heavy atom. The van der Waals surface area contributed by atoms with Crippen LogP contribution in [-0.4, -0.2) is 25.6 Å². The van der Waals surface area contributed by atoms with Crippen molar-refractivity contribution in [2.75, 3.05) is 0 Å². The Morgan fingerprint density at radius 1 is 1.64 bits per heavy atom. The fourth-order valence-corrected chi connectivity index (χ4v) is 1.90. The number of aromatic nitrogens is 3. The predicted molar refractivity (Wildman–Crippen MR) is 51.2 cm³/mol. The largest absolute Gasteiger partial charge is 0.475 e. The number of aromatic carboxylic acids is 1. The second kappa shape index (κ2) is 3.39. The summed E-state index contributed by atoms with van der Waals surface area (Å²) in [5.41, 5.74) is 0. The number of carboxylic acids is 1. The van der Waals surface area contributed by atoms with Crippen molar-refractivity contribution >= 4 is 28.9 Å². The van der Waals surface area contributed by atoms with E-state index in [1.165, 1.54) is 28.3 Å². The number of hydrogen-bond donors (Lipinski definition) is 1. The molecule has 2 rings (SSSR count). The number of rotatable bonds is 2. The third-order valence-electron chi connectivity index (χ3n) is 1.50. The Hall–Kier alpha value is -1.40. The molecule has 2 heterocycles. The fraction of sp³-hybridized carbons (Fsp3) is 0. The van der Waals surface area contributed by atoms with Gasteiger partial charge in [-0.1, -0.05) is 11.6 Å². The zero-order valence-electron chi connectivity index (χ0n) is 6.72. The molecule has 0 aliphatic heterocycles. The SMILES string of the molecule is O=C(O)c1nccn1-c1nc(Cl)cs1. The van der Waals surface area contributed by atoms with Gasteiger partial charge < -0.3 is 5.11 Å². The van der Waals surface area contributed by atoms with Gasteiger partial charge in [-0.3, -0.25) is 4.57 Å². The van der Waals surface area contributed by atoms with Gasteiger partial charge in [0, 0.05) is 17.8 Å². The number of carboxylic acid groups (broad SMARTS) is 1. The van der Waals surface area contributed by atoms with Crippen LogP contribution in [-0.2, 0) is 0 Å². The van der Waals surface area contributed by atoms with E-state index in [4.69, 9.17) is 16.7 Å². The Labute approximate surface area is 87.6 Å². The first-order chi connectivity index (χ1) is 6.68. The Bertz CT molecular complexity index is 479. The second-order valence-electron chi connectivity index (χ2n) is 2.38. The standard InChI is InChI=1S/C7H4ClN3O2S/c8-4-3-14-7(10-4)11-2-1-9-5(11)6(12)13/h1-3H,(H,12,13). The summed E-state index contributed by atoms with van der Waals surface area (Å²) >= 11 is 6.88. The minimum atomic E-state index is -1.10. The van der Waals surface area contributed by atoms with E-state index in [9.17, 15) is 4.79 Å². The Morgan fingerprint density at radius 3 is 3.00 bits per heavy atom. The molecule has 0 unspecified atom stereocenters. The van der Waals surface area contributed by atoms with E-state index in [1.807, 2.05) is 0 Å². The van der Waals surface area contributed by atoms with Crippen molar-refractivity contribution in [3.63, 3.8) is 0 Å². The molecule has 2 aromatic rings. The number of carbonyl (C=O) groups is 1. The number of thiazole rings is 1. The van der Waals surface area contributed by atoms with E-state index >= 15 is 0 Å². The highest BCUT2D eigenvalue weighted by molar-refractivity contribution is 7.12. The van der Waals surface area contributed by atoms with Crippen molar-refractivity contribution in [1.82, 2.24) is 14.5 Å². The van der Waals surface area contributed by atoms with Gasteiger partial charge in [-0.15, -0.1) is 11.3 Å². The first-order valence-corrected chi connectivity index (χ1v) is 4.82. The van der Waals surface area contributed by atoms with Crippen molar-refractivity contribution in [1.29, 1.82) is 0 Å². The number of hydrogen-bond acceptors (Lipinski definition) is 4. The number of halogens is 1. The van der Waals surface area contributed by atoms with Crippen LogP contribution in [0.3, 0.4) is 0 Å². The first-order valence-electron chi connectivity index (χ1n) is 3.56. The van der Waals surface area contributed by atoms with Crippen molar-refractivity contribution < 1.29 is 9.90 Å². The van der Waals surface area contributed by atoms with Gasteiger partial charge >= 0.3 is 5.97 Å². The molecule has 0 saturated carbocycles. The zero-order valence-corrected chi connectivity index (χ0v) is 8.29. The van der Waals surface area contributed by atoms with Crippen LogP contribution in [0.5, 0.6) is 0 Å². The molecule has 0 aliphatic carbocycles. The fourth-order valence-electron chi connectivity index (χ4n) is 0.972. The molecule has 0 atom stereocenters. The lowest BCUT2D eigenvalue weighted by atomic mass is 10.6. The molecule has 7 heteroatoms. The minimum absolute atomic E-state index is 0.0731. The van der Waals surface area contributed by atoms with Crippen LogP contribution in [0.1, 0.15) is 10.6 Å². The van der Waals surface area contributed by atoms with Gasteiger partial charge in [0.05, 0.1) is 0 Å². The molecule has 1 N–H and O–H groups in total. The van der Waals surface area contributed by atoms with Gasteiger partial charge in [0.1, 0.15) is 5.15 Å². The van der Waals surface area contributed by atoms with Crippen LogP contribution in [0.2, 0.25) is 5.15 Å². The average Bonchev–Trinajstić information content (AvgIpc) is 2.70. The third kappa shape index (κ3) is 1.49. The lowest BCUT2D eigenvalue weighted by molar-refractivity contribution is 0.0681. The van der Waals surface area contributed by atoms with Gasteiger partial charge in [0.25, 0.3) is 0 Å². The van der Waals surface area contributed by atoms with Crippen molar-refractivity contribution in [3.8, 4) is 5.13 Å². The maximum atomic E-state index is 10.7. The monoisotopic (exact) mass is 229 g/mol. The van der Waals surface area contributed by atoms with E-state index in [1.54, 1.807) is 5.38 Å². The lowest BCUT2D eigenvalue weighted by Crippen LogP contribution is -2.07. The highest BCUT2D eigenvalue weighted by Gasteiger charge is 2.14. The second-order valence-corrected chi connectivity index (χ2v) is 3.60. The molecule has 0 saturated heterocycles. The highest BCUT2D eigenvalue weighted by Crippen LogP contribution is 2.19. The van der Waals surface area contributed by atoms with E-state index in [0.717, 1.165) is 0 Å². The van der Waals surface area contributed by atoms with E-state index in [0.29, 0.717) is 10.3 Å². The van der Waals surface area contributed by atoms with E-state index < -0.39 is 5.97 Å². The molecule has 0 aliphatic rings. The molecule has 72 valence electrons. The van der Waals surface area contributed by atoms with Gasteiger partial charge in [0.2, 0.25) is 5.82 Å². The minimum Gasteiger partial charge on any atom is -0.475 e. The first kappa shape index (κ1) is 9.17. The average molecular weight is 230 g/mol. The maximum absolute atomic E-state index is 10.7. The Balaban J connectivity index is 2.51. The summed E-state index contributed by atoms with van der Waals surface area (Å²) in [5, 5.41) is 11.2. The zero-order chi connectivity index (χ0) is 10.1. The van der Waals surface area contributed by atoms with E-state index in [2.05, 4.69) is 9.97 Å². The molecule has 0 spiro atoms. The molecule has 0 aromatic carbocycles. The van der Waals surface area contributed by atoms with Crippen LogP contribution in [0, 0.1) is 0 Å². The molecule has 0 amide bonds. The molecular formula is C7H4ClN3O2S. The topological polar surface area (TPSA) is 68.0 Å². The quantitative estimate of drug-likeness (QED) is 0.851. The van der Waals surface area contributed by atoms with Gasteiger partial charge in [-0.25, -0.2) is 14.8 Å². The highest BCUT2D eigenvalue weighted by atomic mass is 35.5. The number of imidazole rings is 1. The maximum Gasteiger partial charge on any atom is 0.372 e. The van der Waals surface area contributed by atoms with Crippen LogP contribution in [0.4, 0.5) is 0 Å². The normalized spacial score (nSPS) is 10.4. The van der Waals surface area contributed by atoms with Gasteiger partial charge in [-0.2, -0.15) is 0 Å². The molecule has 0 fully saturated rings. The summed E-state index contributed by atoms with van der Waals surface area (Å²) in [6.45, 7) is 0. The van der Waals surface area contributed by atoms with Crippen molar-refractivity contribution in [2.24, 2.45) is 0 Å². The van der Waals surface area contributed by atoms with Gasteiger partial charge in [0.15, 0.2) is 5.13 Å². The molecular weight excluding hydrogens is 226 g/mol. The molecule has 5 nitrogen and oxygen atoms in total. The molecule has 2 aromatic heterocycles. The molecule has 0 radical (unpaired) electrons. The van der Waals surface area contributed by atoms with Crippen molar-refractivity contribution in [2.45, 2.75) is 0 Å². The van der Waals surface area contributed by atoms with Crippen molar-refractivity contribution in [3.05, 3.63) is 28.8 Å². The predicted octanol–water partition coefficient (Wildman–Crippen LogP) is 1.68. The summed E-state index contributed by atoms with van der Waals surface area (Å²) in [6, 6.07) is 0. The van der Waals surface area contributed by atoms with Gasteiger partial charge in [-0.05, 0) is 0 Å². The van der Waals surface area contributed by atoms with Crippen LogP contribution in [0.15, 0.2) is 17.8 Å². The molecule has 14 heavy (non-hydrogen) atoms. The van der Waals surface area contributed by atoms with Crippen LogP contribution >= 0.6 is 22.9 Å². The third-order valence-corrected chi connectivity index (χ3v) is 2.67. The number of nitrogens with zero attached hydrogens (tertiary/aromatic N) is 3. The van der Waals surface area contributed by atoms with Crippen LogP contribution < -0.4 is 0 Å². The van der Waals surface area contributed by atoms with Crippen LogP contribution in [0.25, 0.3) is 5.13 Å². The molecule has 0 bridgehead atoms. The summed E-state index contributed by atoms with van der Waals surface area (Å²) in [5.74, 6) is -1.17. The summed E-state index contributed by atoms with van der Waals surface area (Å²) in [6.07, 6.45) is 2.93. The summed E-state index contributed by atoms with van der Waals surface area (Å²) in [7, 11) is 0. The Kier molecular flexibility index (Phi) is 2.22. The van der Waals surface area contributed by atoms with E-state index in [-0.39, 0.29) is 5.82 Å².